The molecule has 0 aliphatic heterocycles. The molecule has 0 atom stereocenters. The van der Waals surface area contributed by atoms with Crippen LogP contribution in [-0.2, 0) is 0 Å². The van der Waals surface area contributed by atoms with E-state index in [1.807, 2.05) is 19.1 Å². The monoisotopic (exact) mass is 273 g/mol. The van der Waals surface area contributed by atoms with E-state index in [0.29, 0.717) is 28.7 Å². The summed E-state index contributed by atoms with van der Waals surface area (Å²) in [6, 6.07) is 14.3. The number of hydrogen-bond donors (Lipinski definition) is 0. The largest absolute Gasteiger partial charge is 0.494 e. The van der Waals surface area contributed by atoms with Gasteiger partial charge in [0, 0.05) is 11.1 Å². The van der Waals surface area contributed by atoms with E-state index in [9.17, 15) is 0 Å². The van der Waals surface area contributed by atoms with Crippen LogP contribution in [0.5, 0.6) is 17.2 Å². The van der Waals surface area contributed by atoms with Crippen molar-refractivity contribution in [1.82, 2.24) is 0 Å². The predicted molar refractivity (Wildman–Crippen MR) is 73.9 cm³/mol. The average molecular weight is 274 g/mol. The first-order valence-corrected chi connectivity index (χ1v) is 6.21. The van der Waals surface area contributed by atoms with E-state index in [1.54, 1.807) is 30.3 Å². The molecule has 96 valence electrons. The van der Waals surface area contributed by atoms with Crippen molar-refractivity contribution in [3.63, 3.8) is 0 Å². The quantitative estimate of drug-likeness (QED) is 0.829. The molecular weight excluding hydrogens is 262 g/mol. The lowest BCUT2D eigenvalue weighted by Crippen LogP contribution is -1.92. The van der Waals surface area contributed by atoms with E-state index in [1.165, 1.54) is 0 Å². The van der Waals surface area contributed by atoms with Crippen molar-refractivity contribution in [3.8, 4) is 23.3 Å². The van der Waals surface area contributed by atoms with Gasteiger partial charge in [0.2, 0.25) is 0 Å². The first-order chi connectivity index (χ1) is 9.22. The molecule has 2 aromatic carbocycles. The van der Waals surface area contributed by atoms with Crippen LogP contribution in [0.4, 0.5) is 0 Å². The van der Waals surface area contributed by atoms with E-state index >= 15 is 0 Å². The normalized spacial score (nSPS) is 9.74. The minimum absolute atomic E-state index is 0.398. The van der Waals surface area contributed by atoms with Gasteiger partial charge in [0.25, 0.3) is 0 Å². The summed E-state index contributed by atoms with van der Waals surface area (Å²) < 4.78 is 11.1. The zero-order valence-electron chi connectivity index (χ0n) is 10.4. The molecule has 0 saturated carbocycles. The highest BCUT2D eigenvalue weighted by Gasteiger charge is 2.06. The van der Waals surface area contributed by atoms with E-state index in [2.05, 4.69) is 6.07 Å². The molecule has 0 unspecified atom stereocenters. The number of nitrogens with zero attached hydrogens (tertiary/aromatic N) is 1. The second-order valence-corrected chi connectivity index (χ2v) is 4.20. The molecule has 0 radical (unpaired) electrons. The van der Waals surface area contributed by atoms with Gasteiger partial charge >= 0.3 is 0 Å². The third-order valence-corrected chi connectivity index (χ3v) is 2.64. The van der Waals surface area contributed by atoms with Crippen LogP contribution in [0.25, 0.3) is 0 Å². The van der Waals surface area contributed by atoms with Crippen LogP contribution in [-0.4, -0.2) is 6.61 Å². The van der Waals surface area contributed by atoms with Crippen LogP contribution < -0.4 is 9.47 Å². The third-order valence-electron chi connectivity index (χ3n) is 2.41. The smallest absolute Gasteiger partial charge is 0.145 e. The molecule has 0 bridgehead atoms. The van der Waals surface area contributed by atoms with Gasteiger partial charge in [0.05, 0.1) is 12.2 Å². The maximum atomic E-state index is 9.05. The first kappa shape index (κ1) is 13.3. The van der Waals surface area contributed by atoms with Gasteiger partial charge in [-0.05, 0) is 37.3 Å². The maximum Gasteiger partial charge on any atom is 0.145 e. The van der Waals surface area contributed by atoms with Crippen molar-refractivity contribution in [1.29, 1.82) is 5.26 Å². The number of nitriles is 1. The Bertz CT molecular complexity index is 620. The van der Waals surface area contributed by atoms with Crippen molar-refractivity contribution < 1.29 is 9.47 Å². The van der Waals surface area contributed by atoms with Gasteiger partial charge in [-0.2, -0.15) is 5.26 Å². The lowest BCUT2D eigenvalue weighted by atomic mass is 10.2. The van der Waals surface area contributed by atoms with E-state index in [-0.39, 0.29) is 0 Å². The molecule has 0 heterocycles. The fourth-order valence-corrected chi connectivity index (χ4v) is 1.77. The number of halogens is 1. The average Bonchev–Trinajstić information content (AvgIpc) is 2.41. The predicted octanol–water partition coefficient (Wildman–Crippen LogP) is 4.40. The van der Waals surface area contributed by atoms with E-state index in [4.69, 9.17) is 26.3 Å². The summed E-state index contributed by atoms with van der Waals surface area (Å²) in [7, 11) is 0. The highest BCUT2D eigenvalue weighted by atomic mass is 35.5. The summed E-state index contributed by atoms with van der Waals surface area (Å²) in [6.45, 7) is 2.51. The molecule has 2 rings (SSSR count). The fraction of sp³-hybridized carbons (Fsp3) is 0.133. The van der Waals surface area contributed by atoms with Crippen LogP contribution in [0.1, 0.15) is 12.5 Å². The molecule has 0 spiro atoms. The molecule has 19 heavy (non-hydrogen) atoms. The third kappa shape index (κ3) is 3.40. The van der Waals surface area contributed by atoms with Gasteiger partial charge in [-0.3, -0.25) is 0 Å². The standard InChI is InChI=1S/C15H12ClNO2/c1-2-18-13-4-3-5-14(9-13)19-15-7-6-12(16)8-11(15)10-17/h3-9H,2H2,1H3. The molecule has 0 aromatic heterocycles. The maximum absolute atomic E-state index is 9.05. The molecule has 0 aliphatic carbocycles. The summed E-state index contributed by atoms with van der Waals surface area (Å²) in [5.41, 5.74) is 0.398. The van der Waals surface area contributed by atoms with Crippen LogP contribution in [0.3, 0.4) is 0 Å². The molecule has 0 aliphatic rings. The Morgan fingerprint density at radius 1 is 1.16 bits per heavy atom. The molecule has 2 aromatic rings. The van der Waals surface area contributed by atoms with E-state index in [0.717, 1.165) is 5.75 Å². The molecule has 0 saturated heterocycles. The van der Waals surface area contributed by atoms with Gasteiger partial charge in [0.15, 0.2) is 0 Å². The Morgan fingerprint density at radius 2 is 1.95 bits per heavy atom. The summed E-state index contributed by atoms with van der Waals surface area (Å²) in [5.74, 6) is 1.82. The van der Waals surface area contributed by atoms with Crippen LogP contribution in [0, 0.1) is 11.3 Å². The van der Waals surface area contributed by atoms with Crippen LogP contribution in [0.2, 0.25) is 5.02 Å². The Kier molecular flexibility index (Phi) is 4.27. The topological polar surface area (TPSA) is 42.2 Å². The fourth-order valence-electron chi connectivity index (χ4n) is 1.60. The van der Waals surface area contributed by atoms with Crippen molar-refractivity contribution in [3.05, 3.63) is 53.1 Å². The second-order valence-electron chi connectivity index (χ2n) is 3.76. The van der Waals surface area contributed by atoms with Gasteiger partial charge in [0.1, 0.15) is 23.3 Å². The van der Waals surface area contributed by atoms with Crippen LogP contribution in [0.15, 0.2) is 42.5 Å². The zero-order valence-corrected chi connectivity index (χ0v) is 11.1. The lowest BCUT2D eigenvalue weighted by molar-refractivity contribution is 0.338. The molecule has 4 heteroatoms. The minimum atomic E-state index is 0.398. The van der Waals surface area contributed by atoms with Gasteiger partial charge in [-0.15, -0.1) is 0 Å². The van der Waals surface area contributed by atoms with Crippen molar-refractivity contribution in [2.45, 2.75) is 6.92 Å². The summed E-state index contributed by atoms with van der Waals surface area (Å²) in [5, 5.41) is 9.55. The van der Waals surface area contributed by atoms with Gasteiger partial charge in [-0.1, -0.05) is 17.7 Å². The van der Waals surface area contributed by atoms with Gasteiger partial charge in [-0.25, -0.2) is 0 Å². The number of rotatable bonds is 4. The number of benzene rings is 2. The number of hydrogen-bond acceptors (Lipinski definition) is 3. The van der Waals surface area contributed by atoms with Crippen LogP contribution >= 0.6 is 11.6 Å². The Labute approximate surface area is 117 Å². The number of ether oxygens (including phenoxy) is 2. The molecule has 0 fully saturated rings. The highest BCUT2D eigenvalue weighted by Crippen LogP contribution is 2.29. The lowest BCUT2D eigenvalue weighted by Gasteiger charge is -2.09. The molecular formula is C15H12ClNO2. The first-order valence-electron chi connectivity index (χ1n) is 5.83. The SMILES string of the molecule is CCOc1cccc(Oc2ccc(Cl)cc2C#N)c1. The Morgan fingerprint density at radius 3 is 2.68 bits per heavy atom. The van der Waals surface area contributed by atoms with Crippen molar-refractivity contribution in [2.75, 3.05) is 6.61 Å². The van der Waals surface area contributed by atoms with Crippen molar-refractivity contribution >= 4 is 11.6 Å². The zero-order chi connectivity index (χ0) is 13.7. The summed E-state index contributed by atoms with van der Waals surface area (Å²) >= 11 is 5.84. The molecule has 3 nitrogen and oxygen atoms in total. The van der Waals surface area contributed by atoms with Gasteiger partial charge < -0.3 is 9.47 Å². The highest BCUT2D eigenvalue weighted by molar-refractivity contribution is 6.30. The molecule has 0 amide bonds. The van der Waals surface area contributed by atoms with E-state index < -0.39 is 0 Å². The molecule has 0 N–H and O–H groups in total. The Balaban J connectivity index is 2.26. The summed E-state index contributed by atoms with van der Waals surface area (Å²) in [6.07, 6.45) is 0. The minimum Gasteiger partial charge on any atom is -0.494 e. The second kappa shape index (κ2) is 6.12. The Hall–Kier alpha value is -2.18. The van der Waals surface area contributed by atoms with Crippen molar-refractivity contribution in [2.24, 2.45) is 0 Å². The summed E-state index contributed by atoms with van der Waals surface area (Å²) in [4.78, 5) is 0.